The van der Waals surface area contributed by atoms with E-state index in [1.807, 2.05) is 66.7 Å². The molecule has 0 spiro atoms. The van der Waals surface area contributed by atoms with Crippen LogP contribution in [-0.2, 0) is 21.4 Å². The summed E-state index contributed by atoms with van der Waals surface area (Å²) in [6, 6.07) is 5.40. The van der Waals surface area contributed by atoms with Crippen molar-refractivity contribution in [2.24, 2.45) is 0 Å². The second-order valence-electron chi connectivity index (χ2n) is 11.3. The highest BCUT2D eigenvalue weighted by Gasteiger charge is 2.51. The Morgan fingerprint density at radius 3 is 2.40 bits per heavy atom. The third-order valence-electron chi connectivity index (χ3n) is 7.11. The fraction of sp³-hybridized carbons (Fsp3) is 0.583. The predicted octanol–water partition coefficient (Wildman–Crippen LogP) is 2.69. The summed E-state index contributed by atoms with van der Waals surface area (Å²) in [7, 11) is -0.563. The van der Waals surface area contributed by atoms with E-state index in [1.165, 1.54) is 4.90 Å². The molecule has 2 amide bonds. The minimum Gasteiger partial charge on any atom is -0.465 e. The van der Waals surface area contributed by atoms with Gasteiger partial charge in [-0.1, -0.05) is 23.4 Å². The SMILES string of the molecule is CC(C)(C)n1cc(C(=O)NC2CCN(C(=O)O)Cc3cc(B4OC(C)(C)C(C)(C)O4)ccc32)nn1. The summed E-state index contributed by atoms with van der Waals surface area (Å²) < 4.78 is 14.0. The summed E-state index contributed by atoms with van der Waals surface area (Å²) in [6.07, 6.45) is 1.06. The van der Waals surface area contributed by atoms with Crippen molar-refractivity contribution in [1.82, 2.24) is 25.2 Å². The van der Waals surface area contributed by atoms with Gasteiger partial charge in [-0.3, -0.25) is 4.79 Å². The lowest BCUT2D eigenvalue weighted by Gasteiger charge is -2.32. The van der Waals surface area contributed by atoms with Gasteiger partial charge in [0.25, 0.3) is 5.91 Å². The number of rotatable bonds is 3. The largest absolute Gasteiger partial charge is 0.494 e. The Morgan fingerprint density at radius 1 is 1.17 bits per heavy atom. The Labute approximate surface area is 206 Å². The van der Waals surface area contributed by atoms with Gasteiger partial charge in [0.1, 0.15) is 0 Å². The zero-order valence-corrected chi connectivity index (χ0v) is 21.5. The summed E-state index contributed by atoms with van der Waals surface area (Å²) in [5.74, 6) is -0.352. The molecule has 0 radical (unpaired) electrons. The molecular weight excluding hydrogens is 449 g/mol. The summed E-state index contributed by atoms with van der Waals surface area (Å²) in [6.45, 7) is 14.4. The van der Waals surface area contributed by atoms with Crippen LogP contribution in [0.3, 0.4) is 0 Å². The number of hydrogen-bond acceptors (Lipinski definition) is 6. The van der Waals surface area contributed by atoms with E-state index >= 15 is 0 Å². The molecule has 4 rings (SSSR count). The molecule has 1 unspecified atom stereocenters. The van der Waals surface area contributed by atoms with Gasteiger partial charge < -0.3 is 24.6 Å². The molecule has 1 fully saturated rings. The molecule has 188 valence electrons. The van der Waals surface area contributed by atoms with Crippen LogP contribution in [0, 0.1) is 0 Å². The third-order valence-corrected chi connectivity index (χ3v) is 7.11. The van der Waals surface area contributed by atoms with Crippen molar-refractivity contribution in [3.8, 4) is 0 Å². The molecule has 1 aromatic carbocycles. The highest BCUT2D eigenvalue weighted by molar-refractivity contribution is 6.62. The number of hydrogen-bond donors (Lipinski definition) is 2. The molecule has 3 heterocycles. The van der Waals surface area contributed by atoms with Gasteiger partial charge >= 0.3 is 13.2 Å². The van der Waals surface area contributed by atoms with E-state index in [-0.39, 0.29) is 36.3 Å². The van der Waals surface area contributed by atoms with Crippen LogP contribution in [-0.4, -0.2) is 61.9 Å². The lowest BCUT2D eigenvalue weighted by molar-refractivity contribution is 0.00578. The molecule has 10 nitrogen and oxygen atoms in total. The van der Waals surface area contributed by atoms with Gasteiger partial charge in [-0.05, 0) is 71.5 Å². The van der Waals surface area contributed by atoms with E-state index in [9.17, 15) is 14.7 Å². The maximum Gasteiger partial charge on any atom is 0.494 e. The van der Waals surface area contributed by atoms with Gasteiger partial charge in [-0.15, -0.1) is 5.10 Å². The zero-order valence-electron chi connectivity index (χ0n) is 21.5. The molecule has 1 atom stereocenters. The van der Waals surface area contributed by atoms with Crippen LogP contribution < -0.4 is 10.8 Å². The number of carboxylic acid groups (broad SMARTS) is 1. The van der Waals surface area contributed by atoms with Gasteiger partial charge in [-0.2, -0.15) is 0 Å². The van der Waals surface area contributed by atoms with Crippen molar-refractivity contribution in [2.45, 2.75) is 84.2 Å². The van der Waals surface area contributed by atoms with Crippen molar-refractivity contribution in [1.29, 1.82) is 0 Å². The smallest absolute Gasteiger partial charge is 0.465 e. The average molecular weight is 483 g/mol. The molecule has 2 aromatic rings. The van der Waals surface area contributed by atoms with Crippen molar-refractivity contribution >= 4 is 24.6 Å². The number of fused-ring (bicyclic) bond motifs is 1. The normalized spacial score (nSPS) is 21.4. The number of nitrogens with zero attached hydrogens (tertiary/aromatic N) is 4. The van der Waals surface area contributed by atoms with Gasteiger partial charge in [0, 0.05) is 13.1 Å². The lowest BCUT2D eigenvalue weighted by Crippen LogP contribution is -2.41. The standard InChI is InChI=1S/C24H34BN5O5/c1-22(2,3)30-14-19(27-28-30)20(31)26-18-10-11-29(21(32)33)13-15-12-16(8-9-17(15)18)25-34-23(4,5)24(6,7)35-25/h8-9,12,14,18H,10-11,13H2,1-7H3,(H,26,31)(H,32,33). The summed E-state index contributed by atoms with van der Waals surface area (Å²) in [5, 5.41) is 20.8. The number of amides is 2. The topological polar surface area (TPSA) is 119 Å². The Bertz CT molecular complexity index is 1120. The summed E-state index contributed by atoms with van der Waals surface area (Å²) in [4.78, 5) is 26.2. The first-order chi connectivity index (χ1) is 16.2. The van der Waals surface area contributed by atoms with Gasteiger partial charge in [0.2, 0.25) is 0 Å². The number of benzene rings is 1. The van der Waals surface area contributed by atoms with Crippen molar-refractivity contribution in [3.05, 3.63) is 41.2 Å². The molecule has 35 heavy (non-hydrogen) atoms. The highest BCUT2D eigenvalue weighted by Crippen LogP contribution is 2.37. The van der Waals surface area contributed by atoms with Crippen LogP contribution in [0.4, 0.5) is 4.79 Å². The second-order valence-corrected chi connectivity index (χ2v) is 11.3. The van der Waals surface area contributed by atoms with E-state index in [0.29, 0.717) is 6.42 Å². The Kier molecular flexibility index (Phi) is 6.21. The fourth-order valence-electron chi connectivity index (χ4n) is 4.19. The molecular formula is C24H34BN5O5. The summed E-state index contributed by atoms with van der Waals surface area (Å²) >= 11 is 0. The third kappa shape index (κ3) is 4.92. The molecule has 0 bridgehead atoms. The quantitative estimate of drug-likeness (QED) is 0.645. The van der Waals surface area contributed by atoms with E-state index in [1.54, 1.807) is 10.9 Å². The maximum absolute atomic E-state index is 13.0. The molecule has 0 saturated carbocycles. The second kappa shape index (κ2) is 8.63. The summed E-state index contributed by atoms with van der Waals surface area (Å²) in [5.41, 5.74) is 1.43. The first-order valence-electron chi connectivity index (χ1n) is 11.9. The van der Waals surface area contributed by atoms with Crippen LogP contribution in [0.25, 0.3) is 0 Å². The number of nitrogens with one attached hydrogen (secondary N) is 1. The molecule has 11 heteroatoms. The van der Waals surface area contributed by atoms with Crippen LogP contribution in [0.2, 0.25) is 0 Å². The first-order valence-corrected chi connectivity index (χ1v) is 11.9. The van der Waals surface area contributed by atoms with E-state index in [4.69, 9.17) is 9.31 Å². The van der Waals surface area contributed by atoms with E-state index in [0.717, 1.165) is 16.6 Å². The Morgan fingerprint density at radius 2 is 1.83 bits per heavy atom. The van der Waals surface area contributed by atoms with Crippen molar-refractivity contribution < 1.29 is 24.0 Å². The van der Waals surface area contributed by atoms with E-state index in [2.05, 4.69) is 15.6 Å². The average Bonchev–Trinajstić information content (AvgIpc) is 3.27. The lowest BCUT2D eigenvalue weighted by atomic mass is 9.77. The first kappa shape index (κ1) is 25.2. The molecule has 2 N–H and O–H groups in total. The number of aromatic nitrogens is 3. The minimum absolute atomic E-state index is 0.213. The molecule has 1 saturated heterocycles. The van der Waals surface area contributed by atoms with E-state index < -0.39 is 24.4 Å². The Balaban J connectivity index is 1.62. The predicted molar refractivity (Wildman–Crippen MR) is 130 cm³/mol. The molecule has 2 aliphatic heterocycles. The fourth-order valence-corrected chi connectivity index (χ4v) is 4.19. The molecule has 1 aromatic heterocycles. The van der Waals surface area contributed by atoms with Crippen molar-refractivity contribution in [2.75, 3.05) is 6.54 Å². The van der Waals surface area contributed by atoms with Crippen LogP contribution >= 0.6 is 0 Å². The molecule has 0 aliphatic carbocycles. The van der Waals surface area contributed by atoms with Crippen LogP contribution in [0.5, 0.6) is 0 Å². The monoisotopic (exact) mass is 483 g/mol. The Hall–Kier alpha value is -2.92. The van der Waals surface area contributed by atoms with Gasteiger partial charge in [-0.25, -0.2) is 9.48 Å². The van der Waals surface area contributed by atoms with Gasteiger partial charge in [0.15, 0.2) is 5.69 Å². The highest BCUT2D eigenvalue weighted by atomic mass is 16.7. The zero-order chi connectivity index (χ0) is 25.8. The van der Waals surface area contributed by atoms with Crippen LogP contribution in [0.1, 0.15) is 82.5 Å². The maximum atomic E-state index is 13.0. The van der Waals surface area contributed by atoms with Crippen molar-refractivity contribution in [3.63, 3.8) is 0 Å². The minimum atomic E-state index is -1.00. The number of carbonyl (C=O) groups excluding carboxylic acids is 1. The van der Waals surface area contributed by atoms with Crippen LogP contribution in [0.15, 0.2) is 24.4 Å². The van der Waals surface area contributed by atoms with Gasteiger partial charge in [0.05, 0.1) is 29.0 Å². The number of carbonyl (C=O) groups is 2. The molecule has 2 aliphatic rings.